The number of carbonyl (C=O) groups excluding carboxylic acids is 1. The molecule has 1 fully saturated rings. The van der Waals surface area contributed by atoms with Gasteiger partial charge in [-0.25, -0.2) is 0 Å². The van der Waals surface area contributed by atoms with Gasteiger partial charge in [-0.2, -0.15) is 0 Å². The normalized spacial score (nSPS) is 15.5. The van der Waals surface area contributed by atoms with E-state index in [0.717, 1.165) is 31.5 Å². The summed E-state index contributed by atoms with van der Waals surface area (Å²) in [6.45, 7) is 1.82. The van der Waals surface area contributed by atoms with Crippen LogP contribution in [0.5, 0.6) is 5.75 Å². The van der Waals surface area contributed by atoms with Crippen molar-refractivity contribution in [2.24, 2.45) is 0 Å². The molecule has 0 saturated carbocycles. The first kappa shape index (κ1) is 12.9. The number of hydrogen-bond donors (Lipinski definition) is 1. The summed E-state index contributed by atoms with van der Waals surface area (Å²) >= 11 is 0. The van der Waals surface area contributed by atoms with Crippen molar-refractivity contribution in [1.82, 2.24) is 4.90 Å². The molecule has 0 aromatic heterocycles. The minimum Gasteiger partial charge on any atom is -0.484 e. The number of carbonyl (C=O) groups is 1. The molecular weight excluding hydrogens is 230 g/mol. The van der Waals surface area contributed by atoms with E-state index < -0.39 is 0 Å². The minimum absolute atomic E-state index is 0.0208. The van der Waals surface area contributed by atoms with Gasteiger partial charge in [-0.3, -0.25) is 4.79 Å². The monoisotopic (exact) mass is 249 g/mol. The summed E-state index contributed by atoms with van der Waals surface area (Å²) in [6.07, 6.45) is 3.40. The summed E-state index contributed by atoms with van der Waals surface area (Å²) in [5, 5.41) is 8.92. The second-order valence-electron chi connectivity index (χ2n) is 4.53. The van der Waals surface area contributed by atoms with Crippen LogP contribution in [0.2, 0.25) is 0 Å². The molecule has 1 aliphatic heterocycles. The number of hydrogen-bond acceptors (Lipinski definition) is 3. The Hall–Kier alpha value is -1.55. The maximum atomic E-state index is 11.9. The number of rotatable bonds is 4. The Morgan fingerprint density at radius 3 is 2.44 bits per heavy atom. The maximum Gasteiger partial charge on any atom is 0.260 e. The third-order valence-electron chi connectivity index (χ3n) is 3.18. The summed E-state index contributed by atoms with van der Waals surface area (Å²) in [6, 6.07) is 7.13. The first-order chi connectivity index (χ1) is 8.79. The molecule has 1 saturated heterocycles. The number of nitrogens with zero attached hydrogens (tertiary/aromatic N) is 1. The molecule has 0 unspecified atom stereocenters. The highest BCUT2D eigenvalue weighted by molar-refractivity contribution is 5.77. The van der Waals surface area contributed by atoms with E-state index in [1.807, 2.05) is 4.90 Å². The van der Waals surface area contributed by atoms with Crippen molar-refractivity contribution in [3.63, 3.8) is 0 Å². The van der Waals surface area contributed by atoms with Crippen molar-refractivity contribution in [1.29, 1.82) is 0 Å². The average molecular weight is 249 g/mol. The lowest BCUT2D eigenvalue weighted by Crippen LogP contribution is -2.38. The van der Waals surface area contributed by atoms with Crippen LogP contribution in [0.3, 0.4) is 0 Å². The molecular formula is C14H19NO3. The zero-order chi connectivity index (χ0) is 12.8. The van der Waals surface area contributed by atoms with E-state index in [0.29, 0.717) is 5.75 Å². The van der Waals surface area contributed by atoms with Crippen LogP contribution in [0, 0.1) is 0 Å². The van der Waals surface area contributed by atoms with Crippen LogP contribution in [-0.4, -0.2) is 35.6 Å². The summed E-state index contributed by atoms with van der Waals surface area (Å²) in [5.41, 5.74) is 0.838. The predicted molar refractivity (Wildman–Crippen MR) is 68.3 cm³/mol. The van der Waals surface area contributed by atoms with Crippen LogP contribution in [0.4, 0.5) is 0 Å². The molecule has 4 heteroatoms. The lowest BCUT2D eigenvalue weighted by Gasteiger charge is -2.26. The SMILES string of the molecule is O=C(COc1ccc(CO)cc1)N1CCCCC1. The van der Waals surface area contributed by atoms with Gasteiger partial charge in [-0.1, -0.05) is 12.1 Å². The Labute approximate surface area is 107 Å². The Morgan fingerprint density at radius 1 is 1.17 bits per heavy atom. The predicted octanol–water partition coefficient (Wildman–Crippen LogP) is 1.57. The van der Waals surface area contributed by atoms with Crippen LogP contribution < -0.4 is 4.74 Å². The fraction of sp³-hybridized carbons (Fsp3) is 0.500. The van der Waals surface area contributed by atoms with Crippen molar-refractivity contribution >= 4 is 5.91 Å². The van der Waals surface area contributed by atoms with Crippen LogP contribution >= 0.6 is 0 Å². The molecule has 0 atom stereocenters. The Morgan fingerprint density at radius 2 is 1.83 bits per heavy atom. The van der Waals surface area contributed by atoms with E-state index in [4.69, 9.17) is 9.84 Å². The molecule has 0 aliphatic carbocycles. The highest BCUT2D eigenvalue weighted by Gasteiger charge is 2.16. The molecule has 1 amide bonds. The summed E-state index contributed by atoms with van der Waals surface area (Å²) in [5.74, 6) is 0.721. The minimum atomic E-state index is 0.0208. The fourth-order valence-electron chi connectivity index (χ4n) is 2.07. The Balaban J connectivity index is 1.80. The lowest BCUT2D eigenvalue weighted by molar-refractivity contribution is -0.134. The van der Waals surface area contributed by atoms with E-state index >= 15 is 0 Å². The number of amides is 1. The largest absolute Gasteiger partial charge is 0.484 e. The average Bonchev–Trinajstić information content (AvgIpc) is 2.46. The van der Waals surface area contributed by atoms with Gasteiger partial charge < -0.3 is 14.7 Å². The van der Waals surface area contributed by atoms with Crippen LogP contribution in [0.1, 0.15) is 24.8 Å². The second kappa shape index (κ2) is 6.40. The van der Waals surface area contributed by atoms with Crippen molar-refractivity contribution < 1.29 is 14.6 Å². The quantitative estimate of drug-likeness (QED) is 0.881. The smallest absolute Gasteiger partial charge is 0.260 e. The standard InChI is InChI=1S/C14H19NO3/c16-10-12-4-6-13(7-5-12)18-11-14(17)15-8-2-1-3-9-15/h4-7,16H,1-3,8-11H2. The van der Waals surface area contributed by atoms with Gasteiger partial charge in [0, 0.05) is 13.1 Å². The topological polar surface area (TPSA) is 49.8 Å². The molecule has 0 bridgehead atoms. The molecule has 1 aromatic carbocycles. The van der Waals surface area contributed by atoms with Gasteiger partial charge in [0.05, 0.1) is 6.61 Å². The van der Waals surface area contributed by atoms with E-state index in [-0.39, 0.29) is 19.1 Å². The highest BCUT2D eigenvalue weighted by atomic mass is 16.5. The van der Waals surface area contributed by atoms with Gasteiger partial charge in [-0.15, -0.1) is 0 Å². The summed E-state index contributed by atoms with van der Waals surface area (Å²) in [7, 11) is 0. The molecule has 2 rings (SSSR count). The Kier molecular flexibility index (Phi) is 4.59. The summed E-state index contributed by atoms with van der Waals surface area (Å²) < 4.78 is 5.45. The van der Waals surface area contributed by atoms with Crippen LogP contribution in [-0.2, 0) is 11.4 Å². The van der Waals surface area contributed by atoms with Gasteiger partial charge in [0.1, 0.15) is 5.75 Å². The van der Waals surface area contributed by atoms with E-state index in [1.165, 1.54) is 6.42 Å². The van der Waals surface area contributed by atoms with E-state index in [2.05, 4.69) is 0 Å². The summed E-state index contributed by atoms with van der Waals surface area (Å²) in [4.78, 5) is 13.7. The van der Waals surface area contributed by atoms with Crippen molar-refractivity contribution in [2.75, 3.05) is 19.7 Å². The zero-order valence-electron chi connectivity index (χ0n) is 10.5. The van der Waals surface area contributed by atoms with Gasteiger partial charge in [0.2, 0.25) is 0 Å². The molecule has 1 aromatic rings. The number of ether oxygens (including phenoxy) is 1. The molecule has 0 radical (unpaired) electrons. The molecule has 1 heterocycles. The molecule has 4 nitrogen and oxygen atoms in total. The zero-order valence-corrected chi connectivity index (χ0v) is 10.5. The third-order valence-corrected chi connectivity index (χ3v) is 3.18. The first-order valence-corrected chi connectivity index (χ1v) is 6.40. The number of likely N-dealkylation sites (tertiary alicyclic amines) is 1. The van der Waals surface area contributed by atoms with E-state index in [1.54, 1.807) is 24.3 Å². The van der Waals surface area contributed by atoms with E-state index in [9.17, 15) is 4.79 Å². The number of aliphatic hydroxyl groups is 1. The molecule has 1 N–H and O–H groups in total. The molecule has 1 aliphatic rings. The fourth-order valence-corrected chi connectivity index (χ4v) is 2.07. The maximum absolute atomic E-state index is 11.9. The van der Waals surface area contributed by atoms with Gasteiger partial charge in [0.15, 0.2) is 6.61 Å². The molecule has 0 spiro atoms. The number of benzene rings is 1. The first-order valence-electron chi connectivity index (χ1n) is 6.40. The molecule has 98 valence electrons. The van der Waals surface area contributed by atoms with Gasteiger partial charge in [-0.05, 0) is 37.0 Å². The molecule has 18 heavy (non-hydrogen) atoms. The van der Waals surface area contributed by atoms with Crippen LogP contribution in [0.15, 0.2) is 24.3 Å². The van der Waals surface area contributed by atoms with Crippen molar-refractivity contribution in [2.45, 2.75) is 25.9 Å². The van der Waals surface area contributed by atoms with Crippen molar-refractivity contribution in [3.8, 4) is 5.75 Å². The highest BCUT2D eigenvalue weighted by Crippen LogP contribution is 2.13. The lowest BCUT2D eigenvalue weighted by atomic mass is 10.1. The second-order valence-corrected chi connectivity index (χ2v) is 4.53. The van der Waals surface area contributed by atoms with Gasteiger partial charge in [0.25, 0.3) is 5.91 Å². The van der Waals surface area contributed by atoms with Crippen molar-refractivity contribution in [3.05, 3.63) is 29.8 Å². The third kappa shape index (κ3) is 3.47. The number of aliphatic hydroxyl groups excluding tert-OH is 1. The Bertz CT molecular complexity index is 383. The van der Waals surface area contributed by atoms with Crippen LogP contribution in [0.25, 0.3) is 0 Å². The number of piperidine rings is 1. The van der Waals surface area contributed by atoms with Gasteiger partial charge >= 0.3 is 0 Å².